The van der Waals surface area contributed by atoms with Crippen molar-refractivity contribution in [2.24, 2.45) is 5.92 Å². The van der Waals surface area contributed by atoms with Crippen LogP contribution in [0.15, 0.2) is 48.5 Å². The average molecular weight is 473 g/mol. The topological polar surface area (TPSA) is 77.2 Å². The highest BCUT2D eigenvalue weighted by atomic mass is 19.1. The standard InChI is InChI=1S/C28H29FN4O2/c1-17-13-22(27(34)30-16-18-9-11-33(2)12-10-18)25(31-17)15-23-26-21(19-5-3-6-20(29)14-19)7-4-8-24(26)32-28(23)35/h3-8,13-15,18,31H,9-12,16H2,1-2H3,(H,30,34)(H,32,35). The Morgan fingerprint density at radius 2 is 1.94 bits per heavy atom. The number of nitrogens with zero attached hydrogens (tertiary/aromatic N) is 1. The fraction of sp³-hybridized carbons (Fsp3) is 0.286. The lowest BCUT2D eigenvalue weighted by molar-refractivity contribution is -0.110. The van der Waals surface area contributed by atoms with Gasteiger partial charge in [-0.1, -0.05) is 24.3 Å². The van der Waals surface area contributed by atoms with Gasteiger partial charge in [0.15, 0.2) is 0 Å². The summed E-state index contributed by atoms with van der Waals surface area (Å²) < 4.78 is 13.9. The third-order valence-corrected chi connectivity index (χ3v) is 6.87. The molecular formula is C28H29FN4O2. The third kappa shape index (κ3) is 4.77. The summed E-state index contributed by atoms with van der Waals surface area (Å²) in [4.78, 5) is 31.6. The van der Waals surface area contributed by atoms with Crippen LogP contribution in [0, 0.1) is 18.7 Å². The van der Waals surface area contributed by atoms with E-state index in [9.17, 15) is 14.0 Å². The second-order valence-electron chi connectivity index (χ2n) is 9.49. The van der Waals surface area contributed by atoms with Crippen LogP contribution in [0.25, 0.3) is 22.8 Å². The highest BCUT2D eigenvalue weighted by Gasteiger charge is 2.28. The van der Waals surface area contributed by atoms with Gasteiger partial charge in [-0.2, -0.15) is 0 Å². The molecule has 2 amide bonds. The van der Waals surface area contributed by atoms with Crippen LogP contribution in [0.2, 0.25) is 0 Å². The van der Waals surface area contributed by atoms with Crippen molar-refractivity contribution >= 4 is 29.2 Å². The number of aromatic nitrogens is 1. The molecular weight excluding hydrogens is 443 g/mol. The number of hydrogen-bond donors (Lipinski definition) is 3. The van der Waals surface area contributed by atoms with Crippen LogP contribution < -0.4 is 10.6 Å². The zero-order chi connectivity index (χ0) is 24.5. The fourth-order valence-corrected chi connectivity index (χ4v) is 4.94. The summed E-state index contributed by atoms with van der Waals surface area (Å²) in [6, 6.07) is 13.7. The number of fused-ring (bicyclic) bond motifs is 1. The molecule has 2 aliphatic rings. The van der Waals surface area contributed by atoms with Crippen molar-refractivity contribution in [1.29, 1.82) is 0 Å². The van der Waals surface area contributed by atoms with Gasteiger partial charge in [0.1, 0.15) is 5.82 Å². The zero-order valence-electron chi connectivity index (χ0n) is 20.0. The maximum atomic E-state index is 13.9. The summed E-state index contributed by atoms with van der Waals surface area (Å²) in [5.74, 6) is -0.282. The minimum Gasteiger partial charge on any atom is -0.358 e. The van der Waals surface area contributed by atoms with Crippen LogP contribution in [-0.4, -0.2) is 48.4 Å². The van der Waals surface area contributed by atoms with Gasteiger partial charge in [-0.15, -0.1) is 0 Å². The van der Waals surface area contributed by atoms with Gasteiger partial charge in [-0.3, -0.25) is 9.59 Å². The predicted octanol–water partition coefficient (Wildman–Crippen LogP) is 4.69. The first-order valence-electron chi connectivity index (χ1n) is 12.0. The Kier molecular flexibility index (Phi) is 6.26. The van der Waals surface area contributed by atoms with E-state index >= 15 is 0 Å². The largest absolute Gasteiger partial charge is 0.358 e. The number of amides is 2. The Bertz CT molecular complexity index is 1320. The molecule has 0 atom stereocenters. The van der Waals surface area contributed by atoms with Gasteiger partial charge in [0.05, 0.1) is 16.8 Å². The summed E-state index contributed by atoms with van der Waals surface area (Å²) in [5.41, 5.74) is 5.16. The predicted molar refractivity (Wildman–Crippen MR) is 136 cm³/mol. The monoisotopic (exact) mass is 472 g/mol. The minimum absolute atomic E-state index is 0.155. The van der Waals surface area contributed by atoms with Crippen molar-refractivity contribution in [2.45, 2.75) is 19.8 Å². The molecule has 7 heteroatoms. The van der Waals surface area contributed by atoms with E-state index in [1.807, 2.05) is 37.3 Å². The molecule has 5 rings (SSSR count). The van der Waals surface area contributed by atoms with E-state index in [4.69, 9.17) is 0 Å². The maximum absolute atomic E-state index is 13.9. The number of carbonyl (C=O) groups is 2. The number of nitrogens with one attached hydrogen (secondary N) is 3. The van der Waals surface area contributed by atoms with E-state index in [1.165, 1.54) is 12.1 Å². The molecule has 0 bridgehead atoms. The van der Waals surface area contributed by atoms with Gasteiger partial charge in [0, 0.05) is 23.5 Å². The van der Waals surface area contributed by atoms with Gasteiger partial charge < -0.3 is 20.5 Å². The van der Waals surface area contributed by atoms with Crippen LogP contribution in [0.5, 0.6) is 0 Å². The lowest BCUT2D eigenvalue weighted by Crippen LogP contribution is -2.36. The van der Waals surface area contributed by atoms with Crippen LogP contribution in [0.3, 0.4) is 0 Å². The second kappa shape index (κ2) is 9.50. The van der Waals surface area contributed by atoms with Gasteiger partial charge >= 0.3 is 0 Å². The number of rotatable bonds is 5. The number of hydrogen-bond acceptors (Lipinski definition) is 3. The molecule has 3 aromatic rings. The SMILES string of the molecule is Cc1cc(C(=O)NCC2CCN(C)CC2)c(C=C2C(=O)Nc3cccc(-c4cccc(F)c4)c32)[nH]1. The van der Waals surface area contributed by atoms with Crippen molar-refractivity contribution in [3.8, 4) is 11.1 Å². The highest BCUT2D eigenvalue weighted by molar-refractivity contribution is 6.36. The number of aromatic amines is 1. The van der Waals surface area contributed by atoms with Crippen molar-refractivity contribution in [3.05, 3.63) is 76.9 Å². The second-order valence-corrected chi connectivity index (χ2v) is 9.49. The molecule has 6 nitrogen and oxygen atoms in total. The molecule has 1 aromatic heterocycles. The molecule has 0 radical (unpaired) electrons. The van der Waals surface area contributed by atoms with Crippen molar-refractivity contribution in [3.63, 3.8) is 0 Å². The number of halogens is 1. The molecule has 2 aromatic carbocycles. The number of aryl methyl sites for hydroxylation is 1. The Hall–Kier alpha value is -3.71. The van der Waals surface area contributed by atoms with Crippen LogP contribution in [0.1, 0.15) is 40.2 Å². The maximum Gasteiger partial charge on any atom is 0.256 e. The molecule has 0 aliphatic carbocycles. The van der Waals surface area contributed by atoms with Gasteiger partial charge in [-0.25, -0.2) is 4.39 Å². The molecule has 180 valence electrons. The minimum atomic E-state index is -0.341. The van der Waals surface area contributed by atoms with E-state index < -0.39 is 0 Å². The Labute approximate surface area is 204 Å². The van der Waals surface area contributed by atoms with E-state index in [0.717, 1.165) is 37.2 Å². The van der Waals surface area contributed by atoms with Crippen LogP contribution >= 0.6 is 0 Å². The fourth-order valence-electron chi connectivity index (χ4n) is 4.94. The molecule has 2 aliphatic heterocycles. The zero-order valence-corrected chi connectivity index (χ0v) is 20.0. The van der Waals surface area contributed by atoms with Crippen molar-refractivity contribution < 1.29 is 14.0 Å². The molecule has 35 heavy (non-hydrogen) atoms. The highest BCUT2D eigenvalue weighted by Crippen LogP contribution is 2.40. The molecule has 0 saturated carbocycles. The van der Waals surface area contributed by atoms with Crippen LogP contribution in [-0.2, 0) is 4.79 Å². The first kappa shape index (κ1) is 23.1. The Balaban J connectivity index is 1.46. The number of piperidine rings is 1. The average Bonchev–Trinajstić information content (AvgIpc) is 3.37. The number of anilines is 1. The Morgan fingerprint density at radius 1 is 1.17 bits per heavy atom. The van der Waals surface area contributed by atoms with Crippen molar-refractivity contribution in [1.82, 2.24) is 15.2 Å². The summed E-state index contributed by atoms with van der Waals surface area (Å²) >= 11 is 0. The lowest BCUT2D eigenvalue weighted by atomic mass is 9.94. The third-order valence-electron chi connectivity index (χ3n) is 6.87. The van der Waals surface area contributed by atoms with Crippen molar-refractivity contribution in [2.75, 3.05) is 32.0 Å². The van der Waals surface area contributed by atoms with Crippen LogP contribution in [0.4, 0.5) is 10.1 Å². The Morgan fingerprint density at radius 3 is 2.71 bits per heavy atom. The molecule has 1 saturated heterocycles. The lowest BCUT2D eigenvalue weighted by Gasteiger charge is -2.28. The molecule has 3 heterocycles. The van der Waals surface area contributed by atoms with Gasteiger partial charge in [-0.05, 0) is 87.3 Å². The van der Waals surface area contributed by atoms with Gasteiger partial charge in [0.2, 0.25) is 0 Å². The molecule has 1 fully saturated rings. The first-order valence-corrected chi connectivity index (χ1v) is 12.0. The normalized spacial score (nSPS) is 17.5. The number of carbonyl (C=O) groups excluding carboxylic acids is 2. The molecule has 3 N–H and O–H groups in total. The smallest absolute Gasteiger partial charge is 0.256 e. The number of H-pyrrole nitrogens is 1. The quantitative estimate of drug-likeness (QED) is 0.472. The summed E-state index contributed by atoms with van der Waals surface area (Å²) in [6.45, 7) is 4.61. The van der Waals surface area contributed by atoms with Gasteiger partial charge in [0.25, 0.3) is 11.8 Å². The van der Waals surface area contributed by atoms with E-state index in [2.05, 4.69) is 27.6 Å². The van der Waals surface area contributed by atoms with E-state index in [1.54, 1.807) is 12.1 Å². The number of benzene rings is 2. The summed E-state index contributed by atoms with van der Waals surface area (Å²) in [7, 11) is 2.12. The number of likely N-dealkylation sites (tertiary alicyclic amines) is 1. The van der Waals surface area contributed by atoms with E-state index in [0.29, 0.717) is 46.1 Å². The summed E-state index contributed by atoms with van der Waals surface area (Å²) in [5, 5.41) is 5.99. The summed E-state index contributed by atoms with van der Waals surface area (Å²) in [6.07, 6.45) is 3.86. The first-order chi connectivity index (χ1) is 16.9. The molecule has 0 unspecified atom stereocenters. The molecule has 0 spiro atoms. The van der Waals surface area contributed by atoms with E-state index in [-0.39, 0.29) is 17.6 Å².